The Morgan fingerprint density at radius 1 is 1.05 bits per heavy atom. The Morgan fingerprint density at radius 2 is 1.62 bits per heavy atom. The maximum atomic E-state index is 12.7. The maximum absolute atomic E-state index is 12.7. The van der Waals surface area contributed by atoms with E-state index in [9.17, 15) is 9.59 Å². The zero-order valence-electron chi connectivity index (χ0n) is 12.6. The minimum absolute atomic E-state index is 0.00183. The van der Waals surface area contributed by atoms with Gasteiger partial charge < -0.3 is 0 Å². The van der Waals surface area contributed by atoms with Crippen LogP contribution in [0.4, 0.5) is 5.69 Å². The monoisotopic (exact) mass is 349 g/mol. The molecule has 4 heteroatoms. The van der Waals surface area contributed by atoms with E-state index >= 15 is 0 Å². The molecular weight excluding hydrogens is 330 g/mol. The van der Waals surface area contributed by atoms with Gasteiger partial charge in [0.25, 0.3) is 0 Å². The Morgan fingerprint density at radius 3 is 2.24 bits per heavy atom. The van der Waals surface area contributed by atoms with E-state index in [4.69, 9.17) is 0 Å². The smallest absolute Gasteiger partial charge is 0.237 e. The molecular formula is C17H20BrNO2. The van der Waals surface area contributed by atoms with E-state index in [1.54, 1.807) is 0 Å². The van der Waals surface area contributed by atoms with Crippen molar-refractivity contribution in [2.45, 2.75) is 40.0 Å². The standard InChI is InChI=1S/C17H20BrNO2/c1-9-4-5-13-14(6-9)17(21)19(16(13)20)12-7-10(2)15(18)11(3)8-12/h7-9,13-14H,4-6H2,1-3H3. The average molecular weight is 350 g/mol. The van der Waals surface area contributed by atoms with Gasteiger partial charge in [-0.1, -0.05) is 22.9 Å². The first kappa shape index (κ1) is 14.8. The SMILES string of the molecule is Cc1cc(N2C(=O)C3CCC(C)CC3C2=O)cc(C)c1Br. The second kappa shape index (κ2) is 5.24. The number of hydrogen-bond acceptors (Lipinski definition) is 2. The van der Waals surface area contributed by atoms with Crippen molar-refractivity contribution < 1.29 is 9.59 Å². The average Bonchev–Trinajstić information content (AvgIpc) is 2.67. The first-order chi connectivity index (χ1) is 9.90. The lowest BCUT2D eigenvalue weighted by atomic mass is 9.76. The molecule has 1 aromatic rings. The summed E-state index contributed by atoms with van der Waals surface area (Å²) < 4.78 is 1.04. The molecule has 0 spiro atoms. The minimum Gasteiger partial charge on any atom is -0.274 e. The molecule has 3 rings (SSSR count). The van der Waals surface area contributed by atoms with Crippen molar-refractivity contribution in [2.75, 3.05) is 4.90 Å². The highest BCUT2D eigenvalue weighted by atomic mass is 79.9. The molecule has 2 fully saturated rings. The Balaban J connectivity index is 1.99. The molecule has 0 N–H and O–H groups in total. The Labute approximate surface area is 133 Å². The first-order valence-corrected chi connectivity index (χ1v) is 8.34. The predicted octanol–water partition coefficient (Wildman–Crippen LogP) is 3.99. The number of rotatable bonds is 1. The molecule has 2 aliphatic rings. The lowest BCUT2D eigenvalue weighted by molar-refractivity contribution is -0.122. The van der Waals surface area contributed by atoms with E-state index in [1.807, 2.05) is 26.0 Å². The van der Waals surface area contributed by atoms with Crippen molar-refractivity contribution in [1.29, 1.82) is 0 Å². The van der Waals surface area contributed by atoms with Crippen molar-refractivity contribution in [3.8, 4) is 0 Å². The highest BCUT2D eigenvalue weighted by Gasteiger charge is 2.50. The van der Waals surface area contributed by atoms with Crippen LogP contribution in [0.25, 0.3) is 0 Å². The summed E-state index contributed by atoms with van der Waals surface area (Å²) in [7, 11) is 0. The second-order valence-electron chi connectivity index (χ2n) is 6.54. The number of hydrogen-bond donors (Lipinski definition) is 0. The van der Waals surface area contributed by atoms with E-state index in [2.05, 4.69) is 22.9 Å². The van der Waals surface area contributed by atoms with Crippen LogP contribution in [0.3, 0.4) is 0 Å². The van der Waals surface area contributed by atoms with Crippen LogP contribution in [0.5, 0.6) is 0 Å². The number of imide groups is 1. The molecule has 3 unspecified atom stereocenters. The van der Waals surface area contributed by atoms with Gasteiger partial charge in [0.1, 0.15) is 0 Å². The number of carbonyl (C=O) groups is 2. The summed E-state index contributed by atoms with van der Waals surface area (Å²) in [5, 5.41) is 0. The molecule has 0 bridgehead atoms. The molecule has 21 heavy (non-hydrogen) atoms. The summed E-state index contributed by atoms with van der Waals surface area (Å²) in [4.78, 5) is 26.8. The van der Waals surface area contributed by atoms with Gasteiger partial charge in [-0.05, 0) is 62.3 Å². The van der Waals surface area contributed by atoms with Crippen LogP contribution in [0, 0.1) is 31.6 Å². The van der Waals surface area contributed by atoms with Crippen molar-refractivity contribution >= 4 is 33.4 Å². The lowest BCUT2D eigenvalue weighted by Gasteiger charge is -2.25. The Hall–Kier alpha value is -1.16. The van der Waals surface area contributed by atoms with Gasteiger partial charge in [0.15, 0.2) is 0 Å². The van der Waals surface area contributed by atoms with Crippen molar-refractivity contribution in [3.63, 3.8) is 0 Å². The van der Waals surface area contributed by atoms with Crippen molar-refractivity contribution in [3.05, 3.63) is 27.7 Å². The van der Waals surface area contributed by atoms with E-state index in [0.717, 1.165) is 40.5 Å². The third-order valence-electron chi connectivity index (χ3n) is 4.87. The first-order valence-electron chi connectivity index (χ1n) is 7.54. The molecule has 0 aromatic heterocycles. The third kappa shape index (κ3) is 2.33. The van der Waals surface area contributed by atoms with E-state index in [-0.39, 0.29) is 23.7 Å². The van der Waals surface area contributed by atoms with Gasteiger partial charge in [-0.2, -0.15) is 0 Å². The van der Waals surface area contributed by atoms with Gasteiger partial charge in [0, 0.05) is 4.47 Å². The molecule has 3 atom stereocenters. The highest BCUT2D eigenvalue weighted by molar-refractivity contribution is 9.10. The molecule has 3 nitrogen and oxygen atoms in total. The quantitative estimate of drug-likeness (QED) is 0.718. The fourth-order valence-electron chi connectivity index (χ4n) is 3.70. The van der Waals surface area contributed by atoms with Gasteiger partial charge in [0.2, 0.25) is 11.8 Å². The largest absolute Gasteiger partial charge is 0.274 e. The zero-order valence-corrected chi connectivity index (χ0v) is 14.2. The molecule has 1 aliphatic carbocycles. The zero-order chi connectivity index (χ0) is 15.3. The van der Waals surface area contributed by atoms with Crippen LogP contribution in [-0.4, -0.2) is 11.8 Å². The van der Waals surface area contributed by atoms with Crippen LogP contribution < -0.4 is 4.90 Å². The maximum Gasteiger partial charge on any atom is 0.237 e. The van der Waals surface area contributed by atoms with Crippen molar-refractivity contribution in [2.24, 2.45) is 17.8 Å². The molecule has 1 saturated carbocycles. The summed E-state index contributed by atoms with van der Waals surface area (Å²) in [6.07, 6.45) is 2.74. The topological polar surface area (TPSA) is 37.4 Å². The van der Waals surface area contributed by atoms with Crippen LogP contribution >= 0.6 is 15.9 Å². The third-order valence-corrected chi connectivity index (χ3v) is 6.12. The van der Waals surface area contributed by atoms with Crippen LogP contribution in [-0.2, 0) is 9.59 Å². The summed E-state index contributed by atoms with van der Waals surface area (Å²) >= 11 is 3.53. The summed E-state index contributed by atoms with van der Waals surface area (Å²) in [5.74, 6) is 0.329. The minimum atomic E-state index is -0.106. The summed E-state index contributed by atoms with van der Waals surface area (Å²) in [6, 6.07) is 3.85. The number of nitrogens with zero attached hydrogens (tertiary/aromatic N) is 1. The number of anilines is 1. The number of amides is 2. The van der Waals surface area contributed by atoms with Gasteiger partial charge in [-0.25, -0.2) is 0 Å². The number of aryl methyl sites for hydroxylation is 2. The van der Waals surface area contributed by atoms with Gasteiger partial charge in [-0.15, -0.1) is 0 Å². The van der Waals surface area contributed by atoms with Crippen LogP contribution in [0.15, 0.2) is 16.6 Å². The highest BCUT2D eigenvalue weighted by Crippen LogP contribution is 2.42. The number of benzene rings is 1. The molecule has 1 aliphatic heterocycles. The van der Waals surface area contributed by atoms with Gasteiger partial charge >= 0.3 is 0 Å². The predicted molar refractivity (Wildman–Crippen MR) is 86.1 cm³/mol. The van der Waals surface area contributed by atoms with Crippen LogP contribution in [0.1, 0.15) is 37.3 Å². The Kier molecular flexibility index (Phi) is 3.68. The second-order valence-corrected chi connectivity index (χ2v) is 7.33. The fraction of sp³-hybridized carbons (Fsp3) is 0.529. The van der Waals surface area contributed by atoms with Gasteiger partial charge in [-0.3, -0.25) is 14.5 Å². The summed E-state index contributed by atoms with van der Waals surface area (Å²) in [5.41, 5.74) is 2.83. The molecule has 1 heterocycles. The molecule has 1 aromatic carbocycles. The van der Waals surface area contributed by atoms with Crippen molar-refractivity contribution in [1.82, 2.24) is 0 Å². The molecule has 2 amide bonds. The molecule has 112 valence electrons. The van der Waals surface area contributed by atoms with E-state index in [1.165, 1.54) is 4.90 Å². The Bertz CT molecular complexity index is 602. The molecule has 0 radical (unpaired) electrons. The van der Waals surface area contributed by atoms with E-state index in [0.29, 0.717) is 5.92 Å². The normalized spacial score (nSPS) is 29.0. The summed E-state index contributed by atoms with van der Waals surface area (Å²) in [6.45, 7) is 6.14. The molecule has 1 saturated heterocycles. The lowest BCUT2D eigenvalue weighted by Crippen LogP contribution is -2.31. The number of halogens is 1. The van der Waals surface area contributed by atoms with Crippen LogP contribution in [0.2, 0.25) is 0 Å². The number of carbonyl (C=O) groups excluding carboxylic acids is 2. The van der Waals surface area contributed by atoms with E-state index < -0.39 is 0 Å². The van der Waals surface area contributed by atoms with Gasteiger partial charge in [0.05, 0.1) is 17.5 Å². The fourth-order valence-corrected chi connectivity index (χ4v) is 3.93. The number of fused-ring (bicyclic) bond motifs is 1.